The fourth-order valence-electron chi connectivity index (χ4n) is 2.12. The van der Waals surface area contributed by atoms with E-state index in [4.69, 9.17) is 34.8 Å². The van der Waals surface area contributed by atoms with Crippen LogP contribution in [0.15, 0.2) is 36.4 Å². The Balaban J connectivity index is 2.01. The van der Waals surface area contributed by atoms with Gasteiger partial charge in [0.2, 0.25) is 5.91 Å². The van der Waals surface area contributed by atoms with Crippen LogP contribution in [-0.4, -0.2) is 11.9 Å². The molecule has 0 aliphatic heterocycles. The van der Waals surface area contributed by atoms with E-state index in [0.29, 0.717) is 26.4 Å². The van der Waals surface area contributed by atoms with Gasteiger partial charge in [-0.15, -0.1) is 0 Å². The average Bonchev–Trinajstić information content (AvgIpc) is 2.52. The van der Waals surface area contributed by atoms with Crippen LogP contribution in [0.4, 0.5) is 16.2 Å². The van der Waals surface area contributed by atoms with Gasteiger partial charge in [0.05, 0.1) is 26.8 Å². The van der Waals surface area contributed by atoms with E-state index < -0.39 is 6.03 Å². The van der Waals surface area contributed by atoms with Crippen molar-refractivity contribution >= 4 is 58.1 Å². The lowest BCUT2D eigenvalue weighted by molar-refractivity contribution is -0.114. The maximum Gasteiger partial charge on any atom is 0.319 e. The Morgan fingerprint density at radius 2 is 1.64 bits per heavy atom. The molecule has 0 aliphatic rings. The number of urea groups is 1. The number of benzene rings is 2. The van der Waals surface area contributed by atoms with Gasteiger partial charge in [0, 0.05) is 12.6 Å². The van der Waals surface area contributed by atoms with Crippen molar-refractivity contribution in [3.63, 3.8) is 0 Å². The zero-order valence-electron chi connectivity index (χ0n) is 13.5. The van der Waals surface area contributed by atoms with Crippen LogP contribution in [0.3, 0.4) is 0 Å². The van der Waals surface area contributed by atoms with Crippen LogP contribution >= 0.6 is 34.8 Å². The molecular formula is C17H16Cl3N3O2. The Hall–Kier alpha value is -1.95. The molecule has 5 nitrogen and oxygen atoms in total. The first-order valence-corrected chi connectivity index (χ1v) is 8.49. The van der Waals surface area contributed by atoms with Crippen LogP contribution in [0.5, 0.6) is 0 Å². The third-order valence-corrected chi connectivity index (χ3v) is 4.38. The van der Waals surface area contributed by atoms with E-state index in [1.54, 1.807) is 36.4 Å². The summed E-state index contributed by atoms with van der Waals surface area (Å²) in [6.07, 6.45) is 0. The number of nitrogens with one attached hydrogen (secondary N) is 3. The number of anilines is 2. The Labute approximate surface area is 160 Å². The van der Waals surface area contributed by atoms with Gasteiger partial charge in [-0.1, -0.05) is 40.9 Å². The molecule has 3 amide bonds. The second-order valence-corrected chi connectivity index (χ2v) is 6.59. The Kier molecular flexibility index (Phi) is 6.53. The fraction of sp³-hybridized carbons (Fsp3) is 0.176. The minimum Gasteiger partial charge on any atom is -0.331 e. The highest BCUT2D eigenvalue weighted by Gasteiger charge is 2.12. The smallest absolute Gasteiger partial charge is 0.319 e. The molecule has 0 saturated carbocycles. The first-order chi connectivity index (χ1) is 11.8. The maximum atomic E-state index is 12.2. The van der Waals surface area contributed by atoms with Crippen molar-refractivity contribution in [1.82, 2.24) is 5.32 Å². The van der Waals surface area contributed by atoms with E-state index in [0.717, 1.165) is 5.56 Å². The lowest BCUT2D eigenvalue weighted by Gasteiger charge is -2.16. The Bertz CT molecular complexity index is 812. The monoisotopic (exact) mass is 399 g/mol. The number of rotatable bonds is 4. The molecule has 2 rings (SSSR count). The van der Waals surface area contributed by atoms with Crippen molar-refractivity contribution in [3.8, 4) is 0 Å². The third-order valence-electron chi connectivity index (χ3n) is 3.33. The molecule has 2 aromatic carbocycles. The summed E-state index contributed by atoms with van der Waals surface area (Å²) in [5.74, 6) is -0.204. The molecule has 0 heterocycles. The molecule has 0 radical (unpaired) electrons. The molecule has 132 valence electrons. The molecule has 25 heavy (non-hydrogen) atoms. The van der Waals surface area contributed by atoms with E-state index >= 15 is 0 Å². The lowest BCUT2D eigenvalue weighted by atomic mass is 10.1. The summed E-state index contributed by atoms with van der Waals surface area (Å²) in [6.45, 7) is 3.22. The quantitative estimate of drug-likeness (QED) is 0.635. The number of hydrogen-bond donors (Lipinski definition) is 3. The van der Waals surface area contributed by atoms with Crippen molar-refractivity contribution in [2.75, 3.05) is 10.6 Å². The van der Waals surface area contributed by atoms with Gasteiger partial charge in [-0.05, 0) is 42.8 Å². The molecule has 3 N–H and O–H groups in total. The van der Waals surface area contributed by atoms with Crippen molar-refractivity contribution < 1.29 is 9.59 Å². The molecule has 1 atom stereocenters. The number of carbonyl (C=O) groups excluding carboxylic acids is 2. The SMILES string of the molecule is CC(=O)Nc1ccc(NC(=O)NC(C)c2ccc(Cl)c(Cl)c2)c(Cl)c1. The third kappa shape index (κ3) is 5.53. The topological polar surface area (TPSA) is 70.2 Å². The largest absolute Gasteiger partial charge is 0.331 e. The van der Waals surface area contributed by atoms with Crippen LogP contribution in [0, 0.1) is 0 Å². The van der Waals surface area contributed by atoms with Gasteiger partial charge in [-0.2, -0.15) is 0 Å². The molecule has 8 heteroatoms. The van der Waals surface area contributed by atoms with Gasteiger partial charge in [-0.25, -0.2) is 4.79 Å². The Morgan fingerprint density at radius 3 is 2.24 bits per heavy atom. The zero-order chi connectivity index (χ0) is 18.6. The van der Waals surface area contributed by atoms with Crippen molar-refractivity contribution in [2.45, 2.75) is 19.9 Å². The predicted octanol–water partition coefficient (Wildman–Crippen LogP) is 5.49. The first kappa shape index (κ1) is 19.4. The van der Waals surface area contributed by atoms with E-state index in [-0.39, 0.29) is 11.9 Å². The van der Waals surface area contributed by atoms with Crippen LogP contribution in [0.1, 0.15) is 25.5 Å². The van der Waals surface area contributed by atoms with E-state index in [9.17, 15) is 9.59 Å². The van der Waals surface area contributed by atoms with Gasteiger partial charge in [0.25, 0.3) is 0 Å². The number of halogens is 3. The standard InChI is InChI=1S/C17H16Cl3N3O2/c1-9(11-3-5-13(18)14(19)7-11)21-17(25)23-16-6-4-12(8-15(16)20)22-10(2)24/h3-9H,1-2H3,(H,22,24)(H2,21,23,25). The number of hydrogen-bond acceptors (Lipinski definition) is 2. The summed E-state index contributed by atoms with van der Waals surface area (Å²) < 4.78 is 0. The van der Waals surface area contributed by atoms with E-state index in [2.05, 4.69) is 16.0 Å². The average molecular weight is 401 g/mol. The minimum atomic E-state index is -0.423. The van der Waals surface area contributed by atoms with Crippen molar-refractivity contribution in [3.05, 3.63) is 57.0 Å². The van der Waals surface area contributed by atoms with Crippen LogP contribution in [0.2, 0.25) is 15.1 Å². The fourth-order valence-corrected chi connectivity index (χ4v) is 2.65. The van der Waals surface area contributed by atoms with Gasteiger partial charge in [0.1, 0.15) is 0 Å². The second-order valence-electron chi connectivity index (χ2n) is 5.37. The summed E-state index contributed by atoms with van der Waals surface area (Å²) in [4.78, 5) is 23.2. The summed E-state index contributed by atoms with van der Waals surface area (Å²) in [7, 11) is 0. The summed E-state index contributed by atoms with van der Waals surface area (Å²) in [6, 6.07) is 9.26. The molecule has 0 fully saturated rings. The highest BCUT2D eigenvalue weighted by Crippen LogP contribution is 2.27. The van der Waals surface area contributed by atoms with Gasteiger partial charge in [-0.3, -0.25) is 4.79 Å². The molecule has 0 saturated heterocycles. The molecule has 0 aliphatic carbocycles. The predicted molar refractivity (Wildman–Crippen MR) is 103 cm³/mol. The minimum absolute atomic E-state index is 0.204. The summed E-state index contributed by atoms with van der Waals surface area (Å²) >= 11 is 18.0. The van der Waals surface area contributed by atoms with Crippen molar-refractivity contribution in [1.29, 1.82) is 0 Å². The first-order valence-electron chi connectivity index (χ1n) is 7.36. The van der Waals surface area contributed by atoms with Crippen LogP contribution < -0.4 is 16.0 Å². The highest BCUT2D eigenvalue weighted by atomic mass is 35.5. The molecule has 0 spiro atoms. The van der Waals surface area contributed by atoms with Crippen LogP contribution in [0.25, 0.3) is 0 Å². The summed E-state index contributed by atoms with van der Waals surface area (Å²) in [5, 5.41) is 9.25. The Morgan fingerprint density at radius 1 is 0.920 bits per heavy atom. The van der Waals surface area contributed by atoms with Crippen molar-refractivity contribution in [2.24, 2.45) is 0 Å². The molecule has 1 unspecified atom stereocenters. The maximum absolute atomic E-state index is 12.2. The summed E-state index contributed by atoms with van der Waals surface area (Å²) in [5.41, 5.74) is 1.79. The van der Waals surface area contributed by atoms with Gasteiger partial charge >= 0.3 is 6.03 Å². The van der Waals surface area contributed by atoms with Gasteiger partial charge in [0.15, 0.2) is 0 Å². The van der Waals surface area contributed by atoms with E-state index in [1.165, 1.54) is 6.92 Å². The van der Waals surface area contributed by atoms with E-state index in [1.807, 2.05) is 6.92 Å². The molecule has 0 aromatic heterocycles. The molecule has 2 aromatic rings. The highest BCUT2D eigenvalue weighted by molar-refractivity contribution is 6.42. The zero-order valence-corrected chi connectivity index (χ0v) is 15.8. The number of carbonyl (C=O) groups is 2. The molecule has 0 bridgehead atoms. The molecular weight excluding hydrogens is 385 g/mol. The normalized spacial score (nSPS) is 11.6. The van der Waals surface area contributed by atoms with Crippen LogP contribution in [-0.2, 0) is 4.79 Å². The van der Waals surface area contributed by atoms with Gasteiger partial charge < -0.3 is 16.0 Å². The number of amides is 3. The lowest BCUT2D eigenvalue weighted by Crippen LogP contribution is -2.31. The second kappa shape index (κ2) is 8.43.